The van der Waals surface area contributed by atoms with Crippen molar-refractivity contribution in [1.29, 1.82) is 5.26 Å². The molecule has 1 aliphatic carbocycles. The lowest BCUT2D eigenvalue weighted by atomic mass is 9.65. The van der Waals surface area contributed by atoms with Crippen molar-refractivity contribution < 1.29 is 0 Å². The van der Waals surface area contributed by atoms with Crippen LogP contribution in [-0.4, -0.2) is 17.6 Å². The fourth-order valence-electron chi connectivity index (χ4n) is 4.35. The topological polar surface area (TPSA) is 39.9 Å². The number of nitriles is 1. The third-order valence-corrected chi connectivity index (χ3v) is 4.59. The average Bonchev–Trinajstić information content (AvgIpc) is 2.59. The normalized spacial score (nSPS) is 32.1. The minimum atomic E-state index is 0.419. The standard InChI is InChI=1S/C16H21N3/c1-15(2)6-13-7-16(3,10-15)11-19(13)14-5-4-12(8-17)9-18-14/h4-5,9,13H,6-7,10-11H2,1-3H3. The van der Waals surface area contributed by atoms with Gasteiger partial charge in [0.05, 0.1) is 5.56 Å². The largest absolute Gasteiger partial charge is 0.353 e. The van der Waals surface area contributed by atoms with E-state index in [0.717, 1.165) is 12.4 Å². The second-order valence-electron chi connectivity index (χ2n) is 7.36. The molecule has 2 atom stereocenters. The number of nitrogens with zero attached hydrogens (tertiary/aromatic N) is 3. The summed E-state index contributed by atoms with van der Waals surface area (Å²) in [5.41, 5.74) is 1.48. The van der Waals surface area contributed by atoms with Crippen LogP contribution in [0, 0.1) is 22.2 Å². The molecule has 2 fully saturated rings. The Morgan fingerprint density at radius 1 is 1.32 bits per heavy atom. The van der Waals surface area contributed by atoms with Crippen molar-refractivity contribution in [3.63, 3.8) is 0 Å². The van der Waals surface area contributed by atoms with Gasteiger partial charge in [0.25, 0.3) is 0 Å². The highest BCUT2D eigenvalue weighted by molar-refractivity contribution is 5.45. The molecule has 0 aromatic carbocycles. The lowest BCUT2D eigenvalue weighted by Crippen LogP contribution is -2.34. The first-order chi connectivity index (χ1) is 8.91. The first kappa shape index (κ1) is 12.5. The van der Waals surface area contributed by atoms with Gasteiger partial charge in [0.15, 0.2) is 0 Å². The Balaban J connectivity index is 1.89. The Hall–Kier alpha value is -1.56. The number of pyridine rings is 1. The summed E-state index contributed by atoms with van der Waals surface area (Å²) in [5.74, 6) is 1.03. The summed E-state index contributed by atoms with van der Waals surface area (Å²) in [6.07, 6.45) is 5.50. The van der Waals surface area contributed by atoms with E-state index in [-0.39, 0.29) is 0 Å². The molecule has 0 amide bonds. The lowest BCUT2D eigenvalue weighted by Gasteiger charge is -2.39. The Labute approximate surface area is 115 Å². The second-order valence-corrected chi connectivity index (χ2v) is 7.36. The molecular weight excluding hydrogens is 234 g/mol. The van der Waals surface area contributed by atoms with Crippen LogP contribution in [0.15, 0.2) is 18.3 Å². The minimum Gasteiger partial charge on any atom is -0.353 e. The van der Waals surface area contributed by atoms with Crippen LogP contribution in [0.3, 0.4) is 0 Å². The van der Waals surface area contributed by atoms with Crippen LogP contribution in [0.4, 0.5) is 5.82 Å². The lowest BCUT2D eigenvalue weighted by molar-refractivity contribution is 0.136. The van der Waals surface area contributed by atoms with Crippen molar-refractivity contribution in [3.8, 4) is 6.07 Å². The van der Waals surface area contributed by atoms with Crippen molar-refractivity contribution in [2.24, 2.45) is 10.8 Å². The molecular formula is C16H21N3. The van der Waals surface area contributed by atoms with E-state index < -0.39 is 0 Å². The minimum absolute atomic E-state index is 0.419. The van der Waals surface area contributed by atoms with Gasteiger partial charge in [-0.05, 0) is 42.2 Å². The molecule has 1 saturated carbocycles. The Morgan fingerprint density at radius 3 is 2.74 bits per heavy atom. The molecule has 1 aromatic rings. The highest BCUT2D eigenvalue weighted by Gasteiger charge is 2.49. The number of fused-ring (bicyclic) bond motifs is 2. The second kappa shape index (κ2) is 3.96. The molecule has 3 rings (SSSR count). The van der Waals surface area contributed by atoms with Crippen molar-refractivity contribution in [1.82, 2.24) is 4.98 Å². The fraction of sp³-hybridized carbons (Fsp3) is 0.625. The Kier molecular flexibility index (Phi) is 2.60. The maximum absolute atomic E-state index is 8.85. The summed E-state index contributed by atoms with van der Waals surface area (Å²) < 4.78 is 0. The van der Waals surface area contributed by atoms with Gasteiger partial charge in [0.1, 0.15) is 11.9 Å². The summed E-state index contributed by atoms with van der Waals surface area (Å²) in [5, 5.41) is 8.85. The molecule has 2 unspecified atom stereocenters. The van der Waals surface area contributed by atoms with Crippen LogP contribution in [0.1, 0.15) is 45.6 Å². The number of hydrogen-bond donors (Lipinski definition) is 0. The first-order valence-corrected chi connectivity index (χ1v) is 7.04. The van der Waals surface area contributed by atoms with Crippen LogP contribution < -0.4 is 4.90 Å². The van der Waals surface area contributed by atoms with Gasteiger partial charge in [0.2, 0.25) is 0 Å². The Bertz CT molecular complexity index is 526. The zero-order valence-corrected chi connectivity index (χ0v) is 12.0. The number of anilines is 1. The molecule has 19 heavy (non-hydrogen) atoms. The molecule has 2 heterocycles. The van der Waals surface area contributed by atoms with Gasteiger partial charge in [-0.15, -0.1) is 0 Å². The van der Waals surface area contributed by atoms with E-state index in [4.69, 9.17) is 5.26 Å². The van der Waals surface area contributed by atoms with Crippen molar-refractivity contribution in [3.05, 3.63) is 23.9 Å². The van der Waals surface area contributed by atoms with Crippen LogP contribution >= 0.6 is 0 Å². The maximum atomic E-state index is 8.85. The van der Waals surface area contributed by atoms with Gasteiger partial charge < -0.3 is 4.90 Å². The van der Waals surface area contributed by atoms with E-state index in [1.807, 2.05) is 12.1 Å². The zero-order chi connectivity index (χ0) is 13.7. The molecule has 2 aliphatic rings. The molecule has 3 heteroatoms. The summed E-state index contributed by atoms with van der Waals surface area (Å²) in [6.45, 7) is 8.27. The summed E-state index contributed by atoms with van der Waals surface area (Å²) >= 11 is 0. The van der Waals surface area contributed by atoms with E-state index in [9.17, 15) is 0 Å². The fourth-order valence-corrected chi connectivity index (χ4v) is 4.35. The third-order valence-electron chi connectivity index (χ3n) is 4.59. The van der Waals surface area contributed by atoms with E-state index in [1.54, 1.807) is 6.20 Å². The SMILES string of the molecule is CC1(C)CC2CC(C)(CN2c2ccc(C#N)cn2)C1. The van der Waals surface area contributed by atoms with Crippen LogP contribution in [0.25, 0.3) is 0 Å². The van der Waals surface area contributed by atoms with Crippen molar-refractivity contribution >= 4 is 5.82 Å². The van der Waals surface area contributed by atoms with Gasteiger partial charge >= 0.3 is 0 Å². The highest BCUT2D eigenvalue weighted by Crippen LogP contribution is 2.53. The van der Waals surface area contributed by atoms with E-state index in [2.05, 4.69) is 36.7 Å². The zero-order valence-electron chi connectivity index (χ0n) is 12.0. The van der Waals surface area contributed by atoms with E-state index >= 15 is 0 Å². The molecule has 1 aliphatic heterocycles. The monoisotopic (exact) mass is 255 g/mol. The Morgan fingerprint density at radius 2 is 2.11 bits per heavy atom. The molecule has 1 aromatic heterocycles. The van der Waals surface area contributed by atoms with E-state index in [1.165, 1.54) is 19.3 Å². The van der Waals surface area contributed by atoms with E-state index in [0.29, 0.717) is 22.4 Å². The van der Waals surface area contributed by atoms with Gasteiger partial charge in [-0.2, -0.15) is 5.26 Å². The smallest absolute Gasteiger partial charge is 0.128 e. The molecule has 3 nitrogen and oxygen atoms in total. The predicted molar refractivity (Wildman–Crippen MR) is 75.8 cm³/mol. The van der Waals surface area contributed by atoms with Crippen LogP contribution in [-0.2, 0) is 0 Å². The maximum Gasteiger partial charge on any atom is 0.128 e. The predicted octanol–water partition coefficient (Wildman–Crippen LogP) is 3.36. The molecule has 0 N–H and O–H groups in total. The van der Waals surface area contributed by atoms with Gasteiger partial charge in [-0.25, -0.2) is 4.98 Å². The van der Waals surface area contributed by atoms with Gasteiger partial charge in [-0.1, -0.05) is 20.8 Å². The van der Waals surface area contributed by atoms with Gasteiger partial charge in [0, 0.05) is 18.8 Å². The quantitative estimate of drug-likeness (QED) is 0.772. The molecule has 1 saturated heterocycles. The number of rotatable bonds is 1. The summed E-state index contributed by atoms with van der Waals surface area (Å²) in [4.78, 5) is 6.93. The molecule has 0 radical (unpaired) electrons. The summed E-state index contributed by atoms with van der Waals surface area (Å²) in [6, 6.07) is 6.61. The van der Waals surface area contributed by atoms with Gasteiger partial charge in [-0.3, -0.25) is 0 Å². The average molecular weight is 255 g/mol. The highest BCUT2D eigenvalue weighted by atomic mass is 15.2. The van der Waals surface area contributed by atoms with Crippen molar-refractivity contribution in [2.75, 3.05) is 11.4 Å². The molecule has 2 bridgehead atoms. The third kappa shape index (κ3) is 2.20. The number of aromatic nitrogens is 1. The van der Waals surface area contributed by atoms with Crippen LogP contribution in [0.2, 0.25) is 0 Å². The first-order valence-electron chi connectivity index (χ1n) is 7.04. The number of hydrogen-bond acceptors (Lipinski definition) is 3. The molecule has 100 valence electrons. The summed E-state index contributed by atoms with van der Waals surface area (Å²) in [7, 11) is 0. The van der Waals surface area contributed by atoms with Crippen LogP contribution in [0.5, 0.6) is 0 Å². The molecule has 0 spiro atoms. The van der Waals surface area contributed by atoms with Crippen molar-refractivity contribution in [2.45, 2.75) is 46.1 Å².